The molecule has 0 bridgehead atoms. The van der Waals surface area contributed by atoms with Gasteiger partial charge < -0.3 is 9.64 Å². The third-order valence-electron chi connectivity index (χ3n) is 7.42. The van der Waals surface area contributed by atoms with E-state index in [-0.39, 0.29) is 6.54 Å². The van der Waals surface area contributed by atoms with Crippen molar-refractivity contribution in [2.75, 3.05) is 25.0 Å². The van der Waals surface area contributed by atoms with Crippen molar-refractivity contribution >= 4 is 56.4 Å². The van der Waals surface area contributed by atoms with Crippen LogP contribution in [0.2, 0.25) is 0 Å². The first-order valence-electron chi connectivity index (χ1n) is 11.9. The molecule has 0 N–H and O–H groups in total. The van der Waals surface area contributed by atoms with Gasteiger partial charge in [0.1, 0.15) is 5.69 Å². The van der Waals surface area contributed by atoms with E-state index in [4.69, 9.17) is 9.73 Å². The molecule has 0 saturated carbocycles. The topological polar surface area (TPSA) is 62.2 Å². The van der Waals surface area contributed by atoms with Crippen molar-refractivity contribution in [2.24, 2.45) is 4.99 Å². The summed E-state index contributed by atoms with van der Waals surface area (Å²) < 4.78 is 33.0. The molecule has 3 aromatic carbocycles. The maximum absolute atomic E-state index is 13.1. The number of rotatable bonds is 7. The zero-order valence-corrected chi connectivity index (χ0v) is 22.3. The molecule has 2 aliphatic rings. The lowest BCUT2D eigenvalue weighted by atomic mass is 9.77. The lowest BCUT2D eigenvalue weighted by molar-refractivity contribution is -0.133. The predicted octanol–water partition coefficient (Wildman–Crippen LogP) is 5.75. The Hall–Kier alpha value is -3.17. The number of benzene rings is 3. The molecule has 192 valence electrons. The second kappa shape index (κ2) is 9.29. The van der Waals surface area contributed by atoms with Gasteiger partial charge in [0.05, 0.1) is 24.7 Å². The average molecular weight is 570 g/mol. The number of alkyl halides is 1. The number of carbonyl (C=O) groups is 2. The van der Waals surface area contributed by atoms with Crippen molar-refractivity contribution in [3.8, 4) is 5.75 Å². The number of carbonyl (C=O) groups excluding carboxylic acids is 2. The molecule has 0 fully saturated rings. The van der Waals surface area contributed by atoms with Crippen LogP contribution in [0.5, 0.6) is 5.75 Å². The summed E-state index contributed by atoms with van der Waals surface area (Å²) >= 11 is 3.61. The van der Waals surface area contributed by atoms with Crippen LogP contribution in [0, 0.1) is 0 Å². The number of halogens is 3. The molecule has 0 aromatic heterocycles. The number of aliphatic imine (C=N–C) groups is 1. The molecule has 37 heavy (non-hydrogen) atoms. The molecule has 1 spiro atoms. The smallest absolute Gasteiger partial charge is 0.315 e. The Balaban J connectivity index is 1.55. The van der Waals surface area contributed by atoms with Gasteiger partial charge in [0, 0.05) is 35.6 Å². The number of nitrogens with zero attached hydrogens (tertiary/aromatic N) is 3. The highest BCUT2D eigenvalue weighted by Crippen LogP contribution is 2.55. The summed E-state index contributed by atoms with van der Waals surface area (Å²) in [6.07, 6.45) is 1.86. The Bertz CT molecular complexity index is 1440. The molecule has 9 heteroatoms. The number of hydrogen-bond acceptors (Lipinski definition) is 6. The molecule has 0 radical (unpaired) electrons. The molecule has 0 aliphatic carbocycles. The highest BCUT2D eigenvalue weighted by atomic mass is 79.9. The first-order chi connectivity index (χ1) is 17.6. The van der Waals surface area contributed by atoms with Crippen molar-refractivity contribution in [1.29, 1.82) is 0 Å². The fourth-order valence-corrected chi connectivity index (χ4v) is 5.95. The van der Waals surface area contributed by atoms with Gasteiger partial charge in [-0.3, -0.25) is 19.5 Å². The number of fused-ring (bicyclic) bond motifs is 4. The molecule has 1 unspecified atom stereocenters. The summed E-state index contributed by atoms with van der Waals surface area (Å²) in [6, 6.07) is 12.6. The molecule has 0 saturated heterocycles. The molecule has 1 atom stereocenters. The number of ether oxygens (including phenoxy) is 1. The zero-order valence-electron chi connectivity index (χ0n) is 20.7. The van der Waals surface area contributed by atoms with Gasteiger partial charge in [-0.05, 0) is 42.5 Å². The second-order valence-electron chi connectivity index (χ2n) is 10.0. The van der Waals surface area contributed by atoms with Crippen molar-refractivity contribution in [2.45, 2.75) is 36.9 Å². The van der Waals surface area contributed by atoms with Gasteiger partial charge in [0.25, 0.3) is 0 Å². The van der Waals surface area contributed by atoms with Gasteiger partial charge in [0.2, 0.25) is 5.72 Å². The maximum atomic E-state index is 13.1. The molecular formula is C28H26BrF2N3O3. The van der Waals surface area contributed by atoms with Crippen LogP contribution in [0.4, 0.5) is 20.2 Å². The minimum Gasteiger partial charge on any atom is -0.459 e. The van der Waals surface area contributed by atoms with Crippen LogP contribution in [0.1, 0.15) is 30.5 Å². The summed E-state index contributed by atoms with van der Waals surface area (Å²) in [5.41, 5.74) is 2.94. The first-order valence-corrected chi connectivity index (χ1v) is 13.0. The van der Waals surface area contributed by atoms with E-state index < -0.39 is 36.3 Å². The summed E-state index contributed by atoms with van der Waals surface area (Å²) in [5, 5.41) is 2.70. The van der Waals surface area contributed by atoms with Crippen LogP contribution >= 0.6 is 15.9 Å². The van der Waals surface area contributed by atoms with Crippen LogP contribution < -0.4 is 9.64 Å². The quantitative estimate of drug-likeness (QED) is 0.268. The summed E-state index contributed by atoms with van der Waals surface area (Å²) in [4.78, 5) is 30.1. The molecule has 2 heterocycles. The summed E-state index contributed by atoms with van der Waals surface area (Å²) in [5.74, 6) is 0.722. The lowest BCUT2D eigenvalue weighted by Gasteiger charge is -2.45. The number of anilines is 1. The monoisotopic (exact) mass is 569 g/mol. The van der Waals surface area contributed by atoms with Gasteiger partial charge >= 0.3 is 12.1 Å². The van der Waals surface area contributed by atoms with E-state index in [2.05, 4.69) is 41.9 Å². The Kier molecular flexibility index (Phi) is 6.40. The van der Waals surface area contributed by atoms with Crippen LogP contribution in [0.3, 0.4) is 0 Å². The zero-order chi connectivity index (χ0) is 26.5. The van der Waals surface area contributed by atoms with E-state index in [1.54, 1.807) is 0 Å². The fourth-order valence-electron chi connectivity index (χ4n) is 5.54. The third kappa shape index (κ3) is 4.14. The Morgan fingerprint density at radius 1 is 1.08 bits per heavy atom. The van der Waals surface area contributed by atoms with Gasteiger partial charge in [-0.2, -0.15) is 8.78 Å². The minimum absolute atomic E-state index is 0.0391. The molecule has 5 rings (SSSR count). The second-order valence-corrected chi connectivity index (χ2v) is 10.6. The maximum Gasteiger partial charge on any atom is 0.315 e. The Morgan fingerprint density at radius 3 is 2.46 bits per heavy atom. The Morgan fingerprint density at radius 2 is 1.78 bits per heavy atom. The normalized spacial score (nSPS) is 19.3. The van der Waals surface area contributed by atoms with E-state index in [1.807, 2.05) is 54.6 Å². The van der Waals surface area contributed by atoms with Crippen LogP contribution in [0.15, 0.2) is 53.5 Å². The van der Waals surface area contributed by atoms with Crippen molar-refractivity contribution in [1.82, 2.24) is 4.90 Å². The van der Waals surface area contributed by atoms with Gasteiger partial charge in [-0.15, -0.1) is 0 Å². The van der Waals surface area contributed by atoms with Crippen LogP contribution in [-0.2, 0) is 26.9 Å². The van der Waals surface area contributed by atoms with Crippen molar-refractivity contribution in [3.05, 3.63) is 65.2 Å². The van der Waals surface area contributed by atoms with Crippen molar-refractivity contribution < 1.29 is 23.1 Å². The lowest BCUT2D eigenvalue weighted by Crippen LogP contribution is -2.61. The number of likely N-dealkylation sites (N-methyl/N-ethyl adjacent to an activating group) is 1. The summed E-state index contributed by atoms with van der Waals surface area (Å²) in [7, 11) is 1.93. The van der Waals surface area contributed by atoms with Gasteiger partial charge in [0.15, 0.2) is 5.75 Å². The molecule has 0 amide bonds. The average Bonchev–Trinajstić information content (AvgIpc) is 3.00. The van der Waals surface area contributed by atoms with E-state index in [0.29, 0.717) is 10.9 Å². The van der Waals surface area contributed by atoms with Crippen LogP contribution in [-0.4, -0.2) is 49.1 Å². The van der Waals surface area contributed by atoms with Gasteiger partial charge in [-0.25, -0.2) is 0 Å². The molecular weight excluding hydrogens is 544 g/mol. The van der Waals surface area contributed by atoms with Crippen LogP contribution in [0.25, 0.3) is 10.8 Å². The highest BCUT2D eigenvalue weighted by molar-refractivity contribution is 9.08. The van der Waals surface area contributed by atoms with E-state index in [0.717, 1.165) is 43.9 Å². The minimum atomic E-state index is -1.62. The summed E-state index contributed by atoms with van der Waals surface area (Å²) in [6.45, 7) is 2.91. The van der Waals surface area contributed by atoms with Gasteiger partial charge in [-0.1, -0.05) is 52.3 Å². The molecule has 2 aliphatic heterocycles. The molecule has 6 nitrogen and oxygen atoms in total. The van der Waals surface area contributed by atoms with Crippen molar-refractivity contribution in [3.63, 3.8) is 0 Å². The largest absolute Gasteiger partial charge is 0.459 e. The highest BCUT2D eigenvalue weighted by Gasteiger charge is 2.58. The number of hydrogen-bond donors (Lipinski definition) is 0. The Labute approximate surface area is 222 Å². The standard InChI is InChI=1S/C28H26BrF2N3O3/c1-27(2)21-9-8-17(13-34(14-23(30)35)15-24(31)36)10-22(21)33(3)28(27)16-32-25-20-7-5-4-6-18(20)11-19(12-29)26(25)37-28/h4-11,16H,12-15H2,1-3H3. The van der Waals surface area contributed by atoms with E-state index in [9.17, 15) is 18.4 Å². The van der Waals surface area contributed by atoms with E-state index >= 15 is 0 Å². The third-order valence-corrected chi connectivity index (χ3v) is 8.02. The fraction of sp³-hybridized carbons (Fsp3) is 0.321. The predicted molar refractivity (Wildman–Crippen MR) is 143 cm³/mol. The molecule has 3 aromatic rings. The van der Waals surface area contributed by atoms with E-state index in [1.165, 1.54) is 0 Å². The SMILES string of the molecule is CN1c2cc(CN(CC(=O)F)CC(=O)F)ccc2C(C)(C)C12C=Nc1c(c(CBr)cc3ccccc13)O2. The first kappa shape index (κ1) is 25.5.